The highest BCUT2D eigenvalue weighted by molar-refractivity contribution is 5.89. The van der Waals surface area contributed by atoms with Crippen LogP contribution in [0.2, 0.25) is 0 Å². The average molecular weight is 364 g/mol. The Morgan fingerprint density at radius 2 is 1.67 bits per heavy atom. The fraction of sp³-hybridized carbons (Fsp3) is 0.273. The SMILES string of the molecule is COC(=O)CCCCCNC(=O)Nc1cccc(C#Cc2ccccc2)c1. The Bertz CT molecular complexity index is 807. The van der Waals surface area contributed by atoms with E-state index in [0.717, 1.165) is 30.4 Å². The van der Waals surface area contributed by atoms with Crippen molar-refractivity contribution in [2.24, 2.45) is 0 Å². The van der Waals surface area contributed by atoms with Crippen LogP contribution in [0.3, 0.4) is 0 Å². The van der Waals surface area contributed by atoms with Crippen LogP contribution in [0.5, 0.6) is 0 Å². The molecule has 0 unspecified atom stereocenters. The predicted octanol–water partition coefficient (Wildman–Crippen LogP) is 3.94. The zero-order valence-corrected chi connectivity index (χ0v) is 15.5. The van der Waals surface area contributed by atoms with Gasteiger partial charge in [0.25, 0.3) is 0 Å². The maximum atomic E-state index is 12.0. The number of esters is 1. The van der Waals surface area contributed by atoms with E-state index in [9.17, 15) is 9.59 Å². The topological polar surface area (TPSA) is 67.4 Å². The third kappa shape index (κ3) is 8.10. The largest absolute Gasteiger partial charge is 0.469 e. The molecule has 0 aliphatic rings. The van der Waals surface area contributed by atoms with E-state index in [0.29, 0.717) is 18.7 Å². The molecule has 0 saturated heterocycles. The smallest absolute Gasteiger partial charge is 0.319 e. The average Bonchev–Trinajstić information content (AvgIpc) is 2.70. The Labute approximate surface area is 160 Å². The van der Waals surface area contributed by atoms with E-state index in [1.807, 2.05) is 54.6 Å². The lowest BCUT2D eigenvalue weighted by molar-refractivity contribution is -0.140. The van der Waals surface area contributed by atoms with Gasteiger partial charge in [0.05, 0.1) is 7.11 Å². The quantitative estimate of drug-likeness (QED) is 0.444. The van der Waals surface area contributed by atoms with Crippen molar-refractivity contribution in [3.05, 3.63) is 65.7 Å². The number of amides is 2. The molecular formula is C22H24N2O3. The van der Waals surface area contributed by atoms with Gasteiger partial charge in [-0.3, -0.25) is 4.79 Å². The molecule has 0 radical (unpaired) electrons. The van der Waals surface area contributed by atoms with Crippen molar-refractivity contribution < 1.29 is 14.3 Å². The number of nitrogens with one attached hydrogen (secondary N) is 2. The van der Waals surface area contributed by atoms with Gasteiger partial charge < -0.3 is 15.4 Å². The van der Waals surface area contributed by atoms with Gasteiger partial charge in [0.2, 0.25) is 0 Å². The summed E-state index contributed by atoms with van der Waals surface area (Å²) in [5, 5.41) is 5.62. The fourth-order valence-electron chi connectivity index (χ4n) is 2.39. The first-order valence-electron chi connectivity index (χ1n) is 8.96. The molecule has 2 aromatic carbocycles. The van der Waals surface area contributed by atoms with Gasteiger partial charge >= 0.3 is 12.0 Å². The summed E-state index contributed by atoms with van der Waals surface area (Å²) in [5.74, 6) is 5.99. The summed E-state index contributed by atoms with van der Waals surface area (Å²) >= 11 is 0. The fourth-order valence-corrected chi connectivity index (χ4v) is 2.39. The molecule has 0 heterocycles. The third-order valence-electron chi connectivity index (χ3n) is 3.82. The normalized spacial score (nSPS) is 9.67. The molecule has 2 amide bonds. The minimum Gasteiger partial charge on any atom is -0.469 e. The predicted molar refractivity (Wildman–Crippen MR) is 106 cm³/mol. The van der Waals surface area contributed by atoms with Gasteiger partial charge in [-0.05, 0) is 43.2 Å². The van der Waals surface area contributed by atoms with Crippen LogP contribution in [-0.2, 0) is 9.53 Å². The molecule has 0 aliphatic heterocycles. The van der Waals surface area contributed by atoms with E-state index in [4.69, 9.17) is 0 Å². The molecule has 5 heteroatoms. The lowest BCUT2D eigenvalue weighted by Crippen LogP contribution is -2.29. The maximum absolute atomic E-state index is 12.0. The third-order valence-corrected chi connectivity index (χ3v) is 3.82. The molecule has 0 bridgehead atoms. The molecule has 0 spiro atoms. The first-order valence-corrected chi connectivity index (χ1v) is 8.96. The van der Waals surface area contributed by atoms with E-state index in [2.05, 4.69) is 27.2 Å². The molecule has 0 fully saturated rings. The number of hydrogen-bond donors (Lipinski definition) is 2. The second-order valence-electron chi connectivity index (χ2n) is 5.96. The molecule has 0 saturated carbocycles. The van der Waals surface area contributed by atoms with Crippen molar-refractivity contribution in [1.29, 1.82) is 0 Å². The Balaban J connectivity index is 1.74. The number of ether oxygens (including phenoxy) is 1. The molecular weight excluding hydrogens is 340 g/mol. The van der Waals surface area contributed by atoms with Crippen LogP contribution in [0, 0.1) is 11.8 Å². The summed E-state index contributed by atoms with van der Waals surface area (Å²) in [7, 11) is 1.39. The monoisotopic (exact) mass is 364 g/mol. The molecule has 0 atom stereocenters. The van der Waals surface area contributed by atoms with Crippen molar-refractivity contribution >= 4 is 17.7 Å². The van der Waals surface area contributed by atoms with Crippen LogP contribution in [0.25, 0.3) is 0 Å². The molecule has 140 valence electrons. The molecule has 0 aromatic heterocycles. The minimum atomic E-state index is -0.254. The van der Waals surface area contributed by atoms with Crippen LogP contribution in [-0.4, -0.2) is 25.7 Å². The maximum Gasteiger partial charge on any atom is 0.319 e. The highest BCUT2D eigenvalue weighted by Gasteiger charge is 2.02. The van der Waals surface area contributed by atoms with E-state index >= 15 is 0 Å². The van der Waals surface area contributed by atoms with E-state index < -0.39 is 0 Å². The molecule has 2 N–H and O–H groups in total. The van der Waals surface area contributed by atoms with Gasteiger partial charge in [-0.25, -0.2) is 4.79 Å². The number of carbonyl (C=O) groups excluding carboxylic acids is 2. The van der Waals surface area contributed by atoms with Crippen molar-refractivity contribution in [3.8, 4) is 11.8 Å². The molecule has 2 rings (SSSR count). The molecule has 27 heavy (non-hydrogen) atoms. The van der Waals surface area contributed by atoms with Gasteiger partial charge in [-0.15, -0.1) is 0 Å². The summed E-state index contributed by atoms with van der Waals surface area (Å²) in [5.41, 5.74) is 2.47. The van der Waals surface area contributed by atoms with Gasteiger partial charge in [0, 0.05) is 29.8 Å². The summed E-state index contributed by atoms with van der Waals surface area (Å²) < 4.78 is 4.59. The van der Waals surface area contributed by atoms with Crippen LogP contribution in [0.4, 0.5) is 10.5 Å². The second-order valence-corrected chi connectivity index (χ2v) is 5.96. The van der Waals surface area contributed by atoms with E-state index in [-0.39, 0.29) is 12.0 Å². The van der Waals surface area contributed by atoms with Crippen LogP contribution < -0.4 is 10.6 Å². The van der Waals surface area contributed by atoms with Crippen LogP contribution >= 0.6 is 0 Å². The van der Waals surface area contributed by atoms with Crippen molar-refractivity contribution in [2.45, 2.75) is 25.7 Å². The Kier molecular flexibility index (Phi) is 8.45. The second kappa shape index (κ2) is 11.4. The number of carbonyl (C=O) groups is 2. The van der Waals surface area contributed by atoms with Gasteiger partial charge in [-0.1, -0.05) is 42.5 Å². The highest BCUT2D eigenvalue weighted by Crippen LogP contribution is 2.10. The highest BCUT2D eigenvalue weighted by atomic mass is 16.5. The number of anilines is 1. The van der Waals surface area contributed by atoms with Gasteiger partial charge in [0.15, 0.2) is 0 Å². The number of rotatable bonds is 7. The van der Waals surface area contributed by atoms with Crippen molar-refractivity contribution in [3.63, 3.8) is 0 Å². The number of unbranched alkanes of at least 4 members (excludes halogenated alkanes) is 2. The van der Waals surface area contributed by atoms with Crippen molar-refractivity contribution in [1.82, 2.24) is 5.32 Å². The first-order chi connectivity index (χ1) is 13.2. The number of urea groups is 1. The molecule has 5 nitrogen and oxygen atoms in total. The minimum absolute atomic E-state index is 0.198. The Morgan fingerprint density at radius 1 is 0.926 bits per heavy atom. The number of benzene rings is 2. The molecule has 0 aliphatic carbocycles. The summed E-state index contributed by atoms with van der Waals surface area (Å²) in [6.07, 6.45) is 2.85. The number of hydrogen-bond acceptors (Lipinski definition) is 3. The summed E-state index contributed by atoms with van der Waals surface area (Å²) in [6.45, 7) is 0.556. The first kappa shape index (κ1) is 20.1. The van der Waals surface area contributed by atoms with Crippen LogP contribution in [0.15, 0.2) is 54.6 Å². The van der Waals surface area contributed by atoms with Gasteiger partial charge in [0.1, 0.15) is 0 Å². The van der Waals surface area contributed by atoms with Gasteiger partial charge in [-0.2, -0.15) is 0 Å². The van der Waals surface area contributed by atoms with Crippen molar-refractivity contribution in [2.75, 3.05) is 19.0 Å². The summed E-state index contributed by atoms with van der Waals surface area (Å²) in [6, 6.07) is 16.9. The number of methoxy groups -OCH3 is 1. The Hall–Kier alpha value is -3.26. The lowest BCUT2D eigenvalue weighted by Gasteiger charge is -2.08. The summed E-state index contributed by atoms with van der Waals surface area (Å²) in [4.78, 5) is 23.0. The standard InChI is InChI=1S/C22H24N2O3/c1-27-21(25)13-6-3-7-16-23-22(26)24-20-12-8-11-19(17-20)15-14-18-9-4-2-5-10-18/h2,4-5,8-12,17H,3,6-7,13,16H2,1H3,(H2,23,24,26). The molecule has 2 aromatic rings. The Morgan fingerprint density at radius 3 is 2.44 bits per heavy atom. The van der Waals surface area contributed by atoms with E-state index in [1.165, 1.54) is 7.11 Å². The van der Waals surface area contributed by atoms with E-state index in [1.54, 1.807) is 0 Å². The lowest BCUT2D eigenvalue weighted by atomic mass is 10.1. The van der Waals surface area contributed by atoms with Crippen LogP contribution in [0.1, 0.15) is 36.8 Å². The zero-order chi connectivity index (χ0) is 19.3. The zero-order valence-electron chi connectivity index (χ0n) is 15.5.